The van der Waals surface area contributed by atoms with E-state index < -0.39 is 9.84 Å². The lowest BCUT2D eigenvalue weighted by Gasteiger charge is -2.19. The number of alkyl halides is 1. The van der Waals surface area contributed by atoms with Crippen LogP contribution in [0.15, 0.2) is 0 Å². The number of rotatable bonds is 8. The van der Waals surface area contributed by atoms with Gasteiger partial charge in [0.25, 0.3) is 0 Å². The van der Waals surface area contributed by atoms with E-state index in [1.165, 1.54) is 32.1 Å². The molecule has 0 amide bonds. The molecule has 0 N–H and O–H groups in total. The van der Waals surface area contributed by atoms with Gasteiger partial charge in [0.15, 0.2) is 9.84 Å². The fourth-order valence-corrected chi connectivity index (χ4v) is 4.97. The van der Waals surface area contributed by atoms with Crippen molar-refractivity contribution in [2.75, 3.05) is 17.4 Å². The van der Waals surface area contributed by atoms with Crippen molar-refractivity contribution in [1.82, 2.24) is 0 Å². The highest BCUT2D eigenvalue weighted by Crippen LogP contribution is 2.30. The number of halogens is 1. The molecule has 17 heavy (non-hydrogen) atoms. The Morgan fingerprint density at radius 2 is 1.94 bits per heavy atom. The molecule has 2 nitrogen and oxygen atoms in total. The summed E-state index contributed by atoms with van der Waals surface area (Å²) in [6.07, 6.45) is 8.27. The van der Waals surface area contributed by atoms with Crippen molar-refractivity contribution in [1.29, 1.82) is 0 Å². The average molecular weight is 281 g/mol. The van der Waals surface area contributed by atoms with Crippen LogP contribution in [-0.4, -0.2) is 25.8 Å². The van der Waals surface area contributed by atoms with E-state index in [0.29, 0.717) is 29.2 Å². The molecule has 2 atom stereocenters. The highest BCUT2D eigenvalue weighted by molar-refractivity contribution is 7.91. The summed E-state index contributed by atoms with van der Waals surface area (Å²) in [5, 5.41) is 0. The molecule has 0 aromatic heterocycles. The Morgan fingerprint density at radius 3 is 2.47 bits per heavy atom. The van der Waals surface area contributed by atoms with Gasteiger partial charge in [-0.25, -0.2) is 8.42 Å². The first-order valence-electron chi connectivity index (χ1n) is 6.85. The molecule has 102 valence electrons. The van der Waals surface area contributed by atoms with E-state index >= 15 is 0 Å². The minimum absolute atomic E-state index is 0.323. The molecular weight excluding hydrogens is 256 g/mol. The summed E-state index contributed by atoms with van der Waals surface area (Å²) < 4.78 is 22.9. The Bertz CT molecular complexity index is 301. The van der Waals surface area contributed by atoms with E-state index in [1.807, 2.05) is 0 Å². The molecule has 0 radical (unpaired) electrons. The molecule has 0 aromatic carbocycles. The molecular formula is C13H25ClO2S. The minimum atomic E-state index is -2.75. The van der Waals surface area contributed by atoms with Crippen molar-refractivity contribution in [2.45, 2.75) is 51.9 Å². The normalized spacial score (nSPS) is 24.9. The first-order chi connectivity index (χ1) is 8.09. The van der Waals surface area contributed by atoms with Crippen LogP contribution < -0.4 is 0 Å². The second-order valence-electron chi connectivity index (χ2n) is 5.28. The van der Waals surface area contributed by atoms with Crippen LogP contribution in [0.4, 0.5) is 0 Å². The van der Waals surface area contributed by atoms with Gasteiger partial charge in [-0.3, -0.25) is 0 Å². The van der Waals surface area contributed by atoms with Crippen LogP contribution in [0.3, 0.4) is 0 Å². The maximum absolute atomic E-state index is 11.4. The summed E-state index contributed by atoms with van der Waals surface area (Å²) in [5.41, 5.74) is 0. The van der Waals surface area contributed by atoms with Crippen LogP contribution in [0.25, 0.3) is 0 Å². The standard InChI is InChI=1S/C13H25ClO2S/c1-2-3-4-5-6-7-12(10-14)13-8-9-17(15,16)11-13/h12-13H,2-11H2,1H3. The van der Waals surface area contributed by atoms with E-state index in [4.69, 9.17) is 11.6 Å². The van der Waals surface area contributed by atoms with Crippen LogP contribution in [0.2, 0.25) is 0 Å². The first-order valence-corrected chi connectivity index (χ1v) is 9.21. The van der Waals surface area contributed by atoms with Crippen molar-refractivity contribution in [3.8, 4) is 0 Å². The van der Waals surface area contributed by atoms with Gasteiger partial charge in [0, 0.05) is 5.88 Å². The Hall–Kier alpha value is 0.240. The molecule has 0 aliphatic carbocycles. The van der Waals surface area contributed by atoms with Gasteiger partial charge in [0.1, 0.15) is 0 Å². The number of hydrogen-bond acceptors (Lipinski definition) is 2. The Labute approximate surface area is 111 Å². The van der Waals surface area contributed by atoms with Crippen molar-refractivity contribution >= 4 is 21.4 Å². The molecule has 1 saturated heterocycles. The smallest absolute Gasteiger partial charge is 0.150 e. The van der Waals surface area contributed by atoms with Crippen molar-refractivity contribution in [2.24, 2.45) is 11.8 Å². The average Bonchev–Trinajstić information content (AvgIpc) is 2.64. The second kappa shape index (κ2) is 7.63. The zero-order valence-corrected chi connectivity index (χ0v) is 12.4. The zero-order valence-electron chi connectivity index (χ0n) is 10.8. The minimum Gasteiger partial charge on any atom is -0.229 e. The number of hydrogen-bond donors (Lipinski definition) is 0. The molecule has 0 saturated carbocycles. The molecule has 0 bridgehead atoms. The molecule has 1 aliphatic heterocycles. The fraction of sp³-hybridized carbons (Fsp3) is 1.00. The van der Waals surface area contributed by atoms with E-state index in [2.05, 4.69) is 6.92 Å². The molecule has 4 heteroatoms. The monoisotopic (exact) mass is 280 g/mol. The van der Waals surface area contributed by atoms with Gasteiger partial charge in [0.05, 0.1) is 11.5 Å². The van der Waals surface area contributed by atoms with Crippen LogP contribution >= 0.6 is 11.6 Å². The summed E-state index contributed by atoms with van der Waals surface area (Å²) in [6, 6.07) is 0. The van der Waals surface area contributed by atoms with Gasteiger partial charge in [-0.2, -0.15) is 0 Å². The second-order valence-corrected chi connectivity index (χ2v) is 7.82. The largest absolute Gasteiger partial charge is 0.229 e. The third-order valence-electron chi connectivity index (χ3n) is 3.81. The lowest BCUT2D eigenvalue weighted by Crippen LogP contribution is -2.18. The molecule has 1 rings (SSSR count). The highest BCUT2D eigenvalue weighted by Gasteiger charge is 2.32. The van der Waals surface area contributed by atoms with Crippen LogP contribution in [0.1, 0.15) is 51.9 Å². The first kappa shape index (κ1) is 15.3. The third kappa shape index (κ3) is 5.60. The number of sulfone groups is 1. The predicted molar refractivity (Wildman–Crippen MR) is 74.3 cm³/mol. The summed E-state index contributed by atoms with van der Waals surface area (Å²) in [4.78, 5) is 0. The van der Waals surface area contributed by atoms with Crippen LogP contribution in [0, 0.1) is 11.8 Å². The summed E-state index contributed by atoms with van der Waals surface area (Å²) in [7, 11) is -2.75. The molecule has 0 aromatic rings. The number of unbranched alkanes of at least 4 members (excludes halogenated alkanes) is 4. The molecule has 2 unspecified atom stereocenters. The lowest BCUT2D eigenvalue weighted by molar-refractivity contribution is 0.361. The summed E-state index contributed by atoms with van der Waals surface area (Å²) >= 11 is 5.99. The fourth-order valence-electron chi connectivity index (χ4n) is 2.64. The van der Waals surface area contributed by atoms with E-state index in [1.54, 1.807) is 0 Å². The molecule has 0 spiro atoms. The summed E-state index contributed by atoms with van der Waals surface area (Å²) in [5.74, 6) is 2.10. The highest BCUT2D eigenvalue weighted by atomic mass is 35.5. The Balaban J connectivity index is 2.24. The quantitative estimate of drug-likeness (QED) is 0.502. The lowest BCUT2D eigenvalue weighted by atomic mass is 9.88. The van der Waals surface area contributed by atoms with E-state index in [0.717, 1.165) is 12.8 Å². The SMILES string of the molecule is CCCCCCCC(CCl)C1CCS(=O)(=O)C1. The molecule has 1 heterocycles. The molecule has 1 fully saturated rings. The maximum atomic E-state index is 11.4. The van der Waals surface area contributed by atoms with Gasteiger partial charge >= 0.3 is 0 Å². The maximum Gasteiger partial charge on any atom is 0.150 e. The third-order valence-corrected chi connectivity index (χ3v) is 6.00. The van der Waals surface area contributed by atoms with Gasteiger partial charge < -0.3 is 0 Å². The van der Waals surface area contributed by atoms with Crippen molar-refractivity contribution in [3.05, 3.63) is 0 Å². The van der Waals surface area contributed by atoms with Crippen molar-refractivity contribution in [3.63, 3.8) is 0 Å². The topological polar surface area (TPSA) is 34.1 Å². The van der Waals surface area contributed by atoms with Crippen molar-refractivity contribution < 1.29 is 8.42 Å². The van der Waals surface area contributed by atoms with Gasteiger partial charge in [0.2, 0.25) is 0 Å². The Morgan fingerprint density at radius 1 is 1.24 bits per heavy atom. The van der Waals surface area contributed by atoms with Gasteiger partial charge in [-0.15, -0.1) is 11.6 Å². The van der Waals surface area contributed by atoms with E-state index in [-0.39, 0.29) is 0 Å². The summed E-state index contributed by atoms with van der Waals surface area (Å²) in [6.45, 7) is 2.21. The predicted octanol–water partition coefficient (Wildman–Crippen LogP) is 3.64. The van der Waals surface area contributed by atoms with Crippen LogP contribution in [-0.2, 0) is 9.84 Å². The van der Waals surface area contributed by atoms with E-state index in [9.17, 15) is 8.42 Å². The Kier molecular flexibility index (Phi) is 6.86. The van der Waals surface area contributed by atoms with Gasteiger partial charge in [-0.05, 0) is 24.7 Å². The zero-order chi connectivity index (χ0) is 12.7. The van der Waals surface area contributed by atoms with Gasteiger partial charge in [-0.1, -0.05) is 39.0 Å². The van der Waals surface area contributed by atoms with Crippen LogP contribution in [0.5, 0.6) is 0 Å². The molecule has 1 aliphatic rings.